The number of amides is 1. The molecule has 1 rings (SSSR count). The number of hydrogen-bond acceptors (Lipinski definition) is 3. The van der Waals surface area contributed by atoms with E-state index in [1.54, 1.807) is 6.92 Å². The van der Waals surface area contributed by atoms with Crippen LogP contribution in [0.4, 0.5) is 0 Å². The number of hydrogen-bond donors (Lipinski definition) is 2. The highest BCUT2D eigenvalue weighted by atomic mass is 16.5. The molecule has 0 saturated carbocycles. The highest BCUT2D eigenvalue weighted by Gasteiger charge is 2.07. The van der Waals surface area contributed by atoms with E-state index in [9.17, 15) is 4.79 Å². The zero-order valence-corrected chi connectivity index (χ0v) is 11.1. The average Bonchev–Trinajstić information content (AvgIpc) is 2.36. The van der Waals surface area contributed by atoms with Crippen molar-refractivity contribution in [3.8, 4) is 5.75 Å². The van der Waals surface area contributed by atoms with Crippen LogP contribution in [0.5, 0.6) is 5.75 Å². The van der Waals surface area contributed by atoms with Gasteiger partial charge >= 0.3 is 0 Å². The molecule has 0 spiro atoms. The minimum Gasteiger partial charge on any atom is -0.484 e. The first kappa shape index (κ1) is 14.5. The van der Waals surface area contributed by atoms with E-state index in [4.69, 9.17) is 9.84 Å². The largest absolute Gasteiger partial charge is 0.484 e. The predicted molar refractivity (Wildman–Crippen MR) is 70.7 cm³/mol. The van der Waals surface area contributed by atoms with E-state index in [1.165, 1.54) is 5.56 Å². The second-order valence-electron chi connectivity index (χ2n) is 4.66. The van der Waals surface area contributed by atoms with Crippen molar-refractivity contribution in [3.63, 3.8) is 0 Å². The van der Waals surface area contributed by atoms with Crippen LogP contribution in [0.15, 0.2) is 24.3 Å². The van der Waals surface area contributed by atoms with Gasteiger partial charge in [0.15, 0.2) is 6.61 Å². The Hall–Kier alpha value is -1.55. The van der Waals surface area contributed by atoms with Gasteiger partial charge in [0, 0.05) is 6.04 Å². The average molecular weight is 251 g/mol. The lowest BCUT2D eigenvalue weighted by molar-refractivity contribution is -0.123. The van der Waals surface area contributed by atoms with Crippen molar-refractivity contribution in [1.82, 2.24) is 5.32 Å². The third kappa shape index (κ3) is 4.75. The molecule has 0 aliphatic carbocycles. The van der Waals surface area contributed by atoms with Gasteiger partial charge in [0.1, 0.15) is 5.75 Å². The number of nitrogens with one attached hydrogen (secondary N) is 1. The summed E-state index contributed by atoms with van der Waals surface area (Å²) in [5.41, 5.74) is 1.24. The molecule has 4 heteroatoms. The molecule has 0 aliphatic rings. The summed E-state index contributed by atoms with van der Waals surface area (Å²) in [5, 5.41) is 11.4. The molecule has 1 aromatic rings. The van der Waals surface area contributed by atoms with Crippen molar-refractivity contribution < 1.29 is 14.6 Å². The highest BCUT2D eigenvalue weighted by molar-refractivity contribution is 5.77. The minimum atomic E-state index is -0.246. The van der Waals surface area contributed by atoms with E-state index >= 15 is 0 Å². The van der Waals surface area contributed by atoms with Gasteiger partial charge in [0.2, 0.25) is 0 Å². The zero-order chi connectivity index (χ0) is 13.5. The first-order valence-electron chi connectivity index (χ1n) is 6.16. The lowest BCUT2D eigenvalue weighted by Crippen LogP contribution is -2.38. The zero-order valence-electron chi connectivity index (χ0n) is 11.1. The van der Waals surface area contributed by atoms with Crippen LogP contribution in [0.25, 0.3) is 0 Å². The van der Waals surface area contributed by atoms with E-state index in [2.05, 4.69) is 19.2 Å². The Kier molecular flexibility index (Phi) is 5.65. The van der Waals surface area contributed by atoms with Gasteiger partial charge in [-0.25, -0.2) is 0 Å². The third-order valence-corrected chi connectivity index (χ3v) is 2.60. The maximum absolute atomic E-state index is 11.4. The molecule has 0 radical (unpaired) electrons. The maximum atomic E-state index is 11.4. The van der Waals surface area contributed by atoms with Crippen LogP contribution in [0.1, 0.15) is 32.3 Å². The fourth-order valence-corrected chi connectivity index (χ4v) is 1.46. The molecule has 2 N–H and O–H groups in total. The fourth-order valence-electron chi connectivity index (χ4n) is 1.46. The van der Waals surface area contributed by atoms with E-state index in [-0.39, 0.29) is 25.2 Å². The van der Waals surface area contributed by atoms with Crippen LogP contribution in [-0.2, 0) is 4.79 Å². The lowest BCUT2D eigenvalue weighted by Gasteiger charge is -2.12. The van der Waals surface area contributed by atoms with Gasteiger partial charge in [-0.2, -0.15) is 0 Å². The number of aliphatic hydroxyl groups excluding tert-OH is 1. The van der Waals surface area contributed by atoms with Gasteiger partial charge < -0.3 is 15.2 Å². The van der Waals surface area contributed by atoms with E-state index in [0.29, 0.717) is 11.7 Å². The third-order valence-electron chi connectivity index (χ3n) is 2.60. The number of carbonyl (C=O) groups excluding carboxylic acids is 1. The smallest absolute Gasteiger partial charge is 0.258 e. The SMILES string of the molecule is CC(C)c1ccc(OCC(=O)N[C@@H](C)CO)cc1. The molecule has 100 valence electrons. The monoisotopic (exact) mass is 251 g/mol. The van der Waals surface area contributed by atoms with Crippen LogP contribution < -0.4 is 10.1 Å². The molecule has 0 aromatic heterocycles. The molecule has 1 atom stereocenters. The van der Waals surface area contributed by atoms with Crippen LogP contribution >= 0.6 is 0 Å². The summed E-state index contributed by atoms with van der Waals surface area (Å²) in [7, 11) is 0. The summed E-state index contributed by atoms with van der Waals surface area (Å²) in [6, 6.07) is 7.46. The second-order valence-corrected chi connectivity index (χ2v) is 4.66. The highest BCUT2D eigenvalue weighted by Crippen LogP contribution is 2.18. The first-order chi connectivity index (χ1) is 8.52. The normalized spacial score (nSPS) is 12.3. The van der Waals surface area contributed by atoms with Gasteiger partial charge in [-0.15, -0.1) is 0 Å². The minimum absolute atomic E-state index is 0.0363. The molecule has 0 heterocycles. The molecule has 1 aromatic carbocycles. The van der Waals surface area contributed by atoms with Crippen LogP contribution in [0.2, 0.25) is 0 Å². The molecular formula is C14H21NO3. The Morgan fingerprint density at radius 1 is 1.28 bits per heavy atom. The Bertz CT molecular complexity index is 373. The van der Waals surface area contributed by atoms with E-state index in [1.807, 2.05) is 24.3 Å². The summed E-state index contributed by atoms with van der Waals surface area (Å²) in [6.07, 6.45) is 0. The van der Waals surface area contributed by atoms with Gasteiger partial charge in [-0.1, -0.05) is 26.0 Å². The van der Waals surface area contributed by atoms with E-state index < -0.39 is 0 Å². The number of carbonyl (C=O) groups is 1. The van der Waals surface area contributed by atoms with Gasteiger partial charge in [0.25, 0.3) is 5.91 Å². The fraction of sp³-hybridized carbons (Fsp3) is 0.500. The lowest BCUT2D eigenvalue weighted by atomic mass is 10.0. The van der Waals surface area contributed by atoms with E-state index in [0.717, 1.165) is 0 Å². The summed E-state index contributed by atoms with van der Waals surface area (Å²) < 4.78 is 5.35. The molecule has 0 bridgehead atoms. The second kappa shape index (κ2) is 7.01. The summed E-state index contributed by atoms with van der Waals surface area (Å²) >= 11 is 0. The molecular weight excluding hydrogens is 230 g/mol. The van der Waals surface area contributed by atoms with Crippen LogP contribution in [0, 0.1) is 0 Å². The number of ether oxygens (including phenoxy) is 1. The van der Waals surface area contributed by atoms with Crippen molar-refractivity contribution in [2.75, 3.05) is 13.2 Å². The number of benzene rings is 1. The first-order valence-corrected chi connectivity index (χ1v) is 6.16. The van der Waals surface area contributed by atoms with Crippen LogP contribution in [0.3, 0.4) is 0 Å². The van der Waals surface area contributed by atoms with Crippen LogP contribution in [-0.4, -0.2) is 30.3 Å². The molecule has 0 aliphatic heterocycles. The molecule has 0 saturated heterocycles. The van der Waals surface area contributed by atoms with Crippen molar-refractivity contribution in [2.24, 2.45) is 0 Å². The van der Waals surface area contributed by atoms with Gasteiger partial charge in [-0.3, -0.25) is 4.79 Å². The molecule has 18 heavy (non-hydrogen) atoms. The standard InChI is InChI=1S/C14H21NO3/c1-10(2)12-4-6-13(7-5-12)18-9-14(17)15-11(3)8-16/h4-7,10-11,16H,8-9H2,1-3H3,(H,15,17)/t11-/m0/s1. The van der Waals surface area contributed by atoms with Crippen molar-refractivity contribution in [1.29, 1.82) is 0 Å². The van der Waals surface area contributed by atoms with Gasteiger partial charge in [-0.05, 0) is 30.5 Å². The number of aliphatic hydroxyl groups is 1. The molecule has 0 unspecified atom stereocenters. The topological polar surface area (TPSA) is 58.6 Å². The quantitative estimate of drug-likeness (QED) is 0.809. The Morgan fingerprint density at radius 2 is 1.89 bits per heavy atom. The Balaban J connectivity index is 2.41. The van der Waals surface area contributed by atoms with Crippen molar-refractivity contribution >= 4 is 5.91 Å². The summed E-state index contributed by atoms with van der Waals surface area (Å²) in [6.45, 7) is 5.87. The summed E-state index contributed by atoms with van der Waals surface area (Å²) in [4.78, 5) is 11.4. The predicted octanol–water partition coefficient (Wildman–Crippen LogP) is 1.69. The summed E-state index contributed by atoms with van der Waals surface area (Å²) in [5.74, 6) is 0.920. The molecule has 0 fully saturated rings. The van der Waals surface area contributed by atoms with Crippen molar-refractivity contribution in [3.05, 3.63) is 29.8 Å². The Morgan fingerprint density at radius 3 is 2.39 bits per heavy atom. The van der Waals surface area contributed by atoms with Crippen molar-refractivity contribution in [2.45, 2.75) is 32.7 Å². The van der Waals surface area contributed by atoms with Gasteiger partial charge in [0.05, 0.1) is 6.61 Å². The Labute approximate surface area is 108 Å². The maximum Gasteiger partial charge on any atom is 0.258 e. The molecule has 4 nitrogen and oxygen atoms in total. The molecule has 1 amide bonds. The number of rotatable bonds is 6.